The predicted molar refractivity (Wildman–Crippen MR) is 72.7 cm³/mol. The number of nitrogens with one attached hydrogen (secondary N) is 1. The maximum Gasteiger partial charge on any atom is 0.239 e. The van der Waals surface area contributed by atoms with Gasteiger partial charge in [0.25, 0.3) is 0 Å². The van der Waals surface area contributed by atoms with E-state index in [2.05, 4.69) is 10.3 Å². The summed E-state index contributed by atoms with van der Waals surface area (Å²) in [4.78, 5) is 15.4. The van der Waals surface area contributed by atoms with Gasteiger partial charge in [-0.05, 0) is 18.2 Å². The predicted octanol–water partition coefficient (Wildman–Crippen LogP) is 3.07. The number of hydrogen-bond acceptors (Lipinski definition) is 3. The molecule has 0 unspecified atom stereocenters. The second kappa shape index (κ2) is 5.42. The molecule has 0 atom stereocenters. The Bertz CT molecular complexity index is 602. The van der Waals surface area contributed by atoms with Crippen molar-refractivity contribution in [3.8, 4) is 5.75 Å². The van der Waals surface area contributed by atoms with E-state index < -0.39 is 0 Å². The van der Waals surface area contributed by atoms with Crippen LogP contribution in [-0.2, 0) is 4.79 Å². The highest BCUT2D eigenvalue weighted by Gasteiger charge is 2.10. The number of halogens is 2. The number of carbonyl (C=O) groups excluding carboxylic acids is 1. The van der Waals surface area contributed by atoms with E-state index in [0.29, 0.717) is 21.8 Å². The summed E-state index contributed by atoms with van der Waals surface area (Å²) in [5.74, 6) is 0.210. The van der Waals surface area contributed by atoms with Crippen LogP contribution in [0, 0.1) is 0 Å². The van der Waals surface area contributed by atoms with Crippen LogP contribution in [0.2, 0.25) is 5.02 Å². The number of alkyl halides is 1. The van der Waals surface area contributed by atoms with Crippen LogP contribution in [-0.4, -0.2) is 23.9 Å². The molecule has 1 N–H and O–H groups in total. The molecule has 0 saturated heterocycles. The maximum atomic E-state index is 11.2. The number of benzene rings is 1. The van der Waals surface area contributed by atoms with Crippen molar-refractivity contribution in [2.75, 3.05) is 18.3 Å². The van der Waals surface area contributed by atoms with Crippen molar-refractivity contribution in [3.05, 3.63) is 29.4 Å². The molecule has 4 nitrogen and oxygen atoms in total. The molecule has 1 heterocycles. The minimum atomic E-state index is -0.331. The van der Waals surface area contributed by atoms with Crippen LogP contribution in [0.25, 0.3) is 10.9 Å². The first-order valence-corrected chi connectivity index (χ1v) is 6.05. The number of anilines is 1. The molecular formula is C12H10Cl2N2O2. The molecule has 0 fully saturated rings. The van der Waals surface area contributed by atoms with Crippen LogP contribution in [0.15, 0.2) is 24.4 Å². The number of aromatic nitrogens is 1. The largest absolute Gasteiger partial charge is 0.497 e. The Morgan fingerprint density at radius 2 is 2.28 bits per heavy atom. The third-order valence-corrected chi connectivity index (χ3v) is 3.05. The summed E-state index contributed by atoms with van der Waals surface area (Å²) in [6.45, 7) is 0. The number of fused-ring (bicyclic) bond motifs is 1. The molecule has 94 valence electrons. The van der Waals surface area contributed by atoms with Crippen molar-refractivity contribution < 1.29 is 9.53 Å². The minimum absolute atomic E-state index is 0.132. The Hall–Kier alpha value is -1.52. The lowest BCUT2D eigenvalue weighted by atomic mass is 10.2. The van der Waals surface area contributed by atoms with Gasteiger partial charge in [0.1, 0.15) is 11.6 Å². The van der Waals surface area contributed by atoms with Gasteiger partial charge >= 0.3 is 0 Å². The van der Waals surface area contributed by atoms with E-state index >= 15 is 0 Å². The first-order chi connectivity index (χ1) is 8.65. The van der Waals surface area contributed by atoms with Gasteiger partial charge in [0.15, 0.2) is 0 Å². The Morgan fingerprint density at radius 1 is 1.50 bits per heavy atom. The van der Waals surface area contributed by atoms with E-state index in [4.69, 9.17) is 27.9 Å². The average Bonchev–Trinajstić information content (AvgIpc) is 2.41. The van der Waals surface area contributed by atoms with E-state index in [1.807, 2.05) is 0 Å². The van der Waals surface area contributed by atoms with Crippen LogP contribution in [0.1, 0.15) is 0 Å². The van der Waals surface area contributed by atoms with Gasteiger partial charge in [-0.25, -0.2) is 0 Å². The molecule has 1 aromatic carbocycles. The van der Waals surface area contributed by atoms with Gasteiger partial charge in [-0.3, -0.25) is 9.78 Å². The monoisotopic (exact) mass is 284 g/mol. The Kier molecular flexibility index (Phi) is 3.89. The van der Waals surface area contributed by atoms with Gasteiger partial charge in [-0.15, -0.1) is 11.6 Å². The number of rotatable bonds is 3. The van der Waals surface area contributed by atoms with Crippen molar-refractivity contribution in [1.29, 1.82) is 0 Å². The van der Waals surface area contributed by atoms with Crippen molar-refractivity contribution >= 4 is 45.7 Å². The number of ether oxygens (including phenoxy) is 1. The van der Waals surface area contributed by atoms with Crippen LogP contribution < -0.4 is 10.1 Å². The third-order valence-electron chi connectivity index (χ3n) is 2.40. The van der Waals surface area contributed by atoms with E-state index in [9.17, 15) is 4.79 Å². The smallest absolute Gasteiger partial charge is 0.239 e. The molecule has 2 rings (SSSR count). The summed E-state index contributed by atoms with van der Waals surface area (Å²) >= 11 is 11.6. The van der Waals surface area contributed by atoms with Gasteiger partial charge in [0.2, 0.25) is 5.91 Å². The topological polar surface area (TPSA) is 51.2 Å². The Morgan fingerprint density at radius 3 is 2.94 bits per heavy atom. The molecule has 0 saturated carbocycles. The lowest BCUT2D eigenvalue weighted by Gasteiger charge is -2.09. The summed E-state index contributed by atoms with van der Waals surface area (Å²) < 4.78 is 5.12. The molecule has 18 heavy (non-hydrogen) atoms. The van der Waals surface area contributed by atoms with Crippen molar-refractivity contribution in [1.82, 2.24) is 4.98 Å². The summed E-state index contributed by atoms with van der Waals surface area (Å²) in [7, 11) is 1.57. The number of amides is 1. The fourth-order valence-corrected chi connectivity index (χ4v) is 1.85. The van der Waals surface area contributed by atoms with Crippen LogP contribution in [0.5, 0.6) is 5.75 Å². The van der Waals surface area contributed by atoms with Crippen molar-refractivity contribution in [2.45, 2.75) is 0 Å². The van der Waals surface area contributed by atoms with Crippen LogP contribution in [0.3, 0.4) is 0 Å². The third kappa shape index (κ3) is 2.49. The van der Waals surface area contributed by atoms with Gasteiger partial charge in [-0.1, -0.05) is 11.6 Å². The number of methoxy groups -OCH3 is 1. The number of pyridine rings is 1. The molecule has 0 spiro atoms. The average molecular weight is 285 g/mol. The molecule has 0 radical (unpaired) electrons. The molecule has 2 aromatic rings. The lowest BCUT2D eigenvalue weighted by molar-refractivity contribution is -0.113. The minimum Gasteiger partial charge on any atom is -0.497 e. The first kappa shape index (κ1) is 12.9. The van der Waals surface area contributed by atoms with Gasteiger partial charge in [0, 0.05) is 5.39 Å². The van der Waals surface area contributed by atoms with E-state index in [1.54, 1.807) is 25.3 Å². The van der Waals surface area contributed by atoms with E-state index in [-0.39, 0.29) is 11.8 Å². The number of nitrogens with zero attached hydrogens (tertiary/aromatic N) is 1. The fourth-order valence-electron chi connectivity index (χ4n) is 1.54. The molecule has 0 aliphatic heterocycles. The van der Waals surface area contributed by atoms with Crippen LogP contribution in [0.4, 0.5) is 5.69 Å². The zero-order valence-corrected chi connectivity index (χ0v) is 11.0. The summed E-state index contributed by atoms with van der Waals surface area (Å²) in [5, 5.41) is 3.71. The van der Waals surface area contributed by atoms with Crippen molar-refractivity contribution in [3.63, 3.8) is 0 Å². The summed E-state index contributed by atoms with van der Waals surface area (Å²) in [6, 6.07) is 5.36. The second-order valence-electron chi connectivity index (χ2n) is 3.55. The second-order valence-corrected chi connectivity index (χ2v) is 4.20. The SMILES string of the molecule is COc1ccc2ncc(NC(=O)CCl)c(Cl)c2c1. The number of hydrogen-bond donors (Lipinski definition) is 1. The molecule has 1 aromatic heterocycles. The zero-order chi connectivity index (χ0) is 13.1. The van der Waals surface area contributed by atoms with Crippen molar-refractivity contribution in [2.24, 2.45) is 0 Å². The summed E-state index contributed by atoms with van der Waals surface area (Å²) in [6.07, 6.45) is 1.50. The molecule has 0 bridgehead atoms. The molecule has 0 aliphatic rings. The van der Waals surface area contributed by atoms with E-state index in [1.165, 1.54) is 6.20 Å². The maximum absolute atomic E-state index is 11.2. The normalized spacial score (nSPS) is 10.4. The standard InChI is InChI=1S/C12H10Cl2N2O2/c1-18-7-2-3-9-8(4-7)12(14)10(6-15-9)16-11(17)5-13/h2-4,6H,5H2,1H3,(H,16,17). The van der Waals surface area contributed by atoms with Crippen LogP contribution >= 0.6 is 23.2 Å². The summed E-state index contributed by atoms with van der Waals surface area (Å²) in [5.41, 5.74) is 1.16. The van der Waals surface area contributed by atoms with Gasteiger partial charge in [0.05, 0.1) is 29.5 Å². The first-order valence-electron chi connectivity index (χ1n) is 5.13. The molecule has 1 amide bonds. The Labute approximate surface area is 114 Å². The fraction of sp³-hybridized carbons (Fsp3) is 0.167. The highest BCUT2D eigenvalue weighted by molar-refractivity contribution is 6.39. The highest BCUT2D eigenvalue weighted by atomic mass is 35.5. The zero-order valence-electron chi connectivity index (χ0n) is 9.54. The van der Waals surface area contributed by atoms with Gasteiger partial charge < -0.3 is 10.1 Å². The highest BCUT2D eigenvalue weighted by Crippen LogP contribution is 2.31. The lowest BCUT2D eigenvalue weighted by Crippen LogP contribution is -2.13. The van der Waals surface area contributed by atoms with E-state index in [0.717, 1.165) is 5.52 Å². The quantitative estimate of drug-likeness (QED) is 0.882. The van der Waals surface area contributed by atoms with Gasteiger partial charge in [-0.2, -0.15) is 0 Å². The molecule has 0 aliphatic carbocycles. The number of carbonyl (C=O) groups is 1. The molecule has 6 heteroatoms. The molecular weight excluding hydrogens is 275 g/mol. The Balaban J connectivity index is 2.51.